The Morgan fingerprint density at radius 1 is 1.14 bits per heavy atom. The first kappa shape index (κ1) is 15.3. The largest absolute Gasteiger partial charge is 1.00 e. The lowest BCUT2D eigenvalue weighted by molar-refractivity contribution is -0.208. The van der Waals surface area contributed by atoms with E-state index in [0.717, 1.165) is 0 Å². The van der Waals surface area contributed by atoms with Crippen molar-refractivity contribution in [2.75, 3.05) is 0 Å². The molecular weight excluding hydrogens is 198 g/mol. The number of nitrogens with one attached hydrogen (secondary N) is 1. The number of carbonyl (C=O) groups excluding carboxylic acids is 2. The average molecular weight is 213 g/mol. The predicted octanol–water partition coefficient (Wildman–Crippen LogP) is -2.35. The Morgan fingerprint density at radius 2 is 1.43 bits per heavy atom. The van der Waals surface area contributed by atoms with Crippen LogP contribution in [0.3, 0.4) is 0 Å². The zero-order valence-corrected chi connectivity index (χ0v) is 7.68. The molecule has 0 saturated carbocycles. The SMILES string of the molecule is CC(O)C(=O)ONOC(=O)C(C)O.O.[H+].[H+]. The summed E-state index contributed by atoms with van der Waals surface area (Å²) < 4.78 is 0. The summed E-state index contributed by atoms with van der Waals surface area (Å²) >= 11 is 0. The van der Waals surface area contributed by atoms with Crippen LogP contribution in [0, 0.1) is 0 Å². The highest BCUT2D eigenvalue weighted by Crippen LogP contribution is 1.86. The summed E-state index contributed by atoms with van der Waals surface area (Å²) in [5, 5.41) is 17.2. The Morgan fingerprint density at radius 3 is 1.64 bits per heavy atom. The number of rotatable bonds is 4. The van der Waals surface area contributed by atoms with Crippen molar-refractivity contribution in [2.45, 2.75) is 26.1 Å². The molecule has 0 bridgehead atoms. The van der Waals surface area contributed by atoms with E-state index in [9.17, 15) is 9.59 Å². The van der Waals surface area contributed by atoms with Gasteiger partial charge in [0.25, 0.3) is 0 Å². The highest BCUT2D eigenvalue weighted by atomic mass is 16.9. The first-order chi connectivity index (χ1) is 5.95. The second-order valence-electron chi connectivity index (χ2n) is 2.28. The maximum Gasteiger partial charge on any atom is 1.00 e. The van der Waals surface area contributed by atoms with Gasteiger partial charge in [-0.1, -0.05) is 0 Å². The van der Waals surface area contributed by atoms with E-state index in [0.29, 0.717) is 0 Å². The lowest BCUT2D eigenvalue weighted by Gasteiger charge is -2.07. The van der Waals surface area contributed by atoms with Crippen LogP contribution >= 0.6 is 0 Å². The summed E-state index contributed by atoms with van der Waals surface area (Å²) in [6, 6.07) is 0. The standard InChI is InChI=1S/C6H11NO6.H2O/c1-3(8)5(10)12-7-13-6(11)4(2)9;/h3-4,7-9H,1-2H3;1H2/p+2. The number of hydrogen-bond acceptors (Lipinski definition) is 7. The van der Waals surface area contributed by atoms with Gasteiger partial charge < -0.3 is 25.4 Å². The monoisotopic (exact) mass is 213 g/mol. The van der Waals surface area contributed by atoms with Crippen molar-refractivity contribution in [2.24, 2.45) is 0 Å². The molecule has 0 saturated heterocycles. The summed E-state index contributed by atoms with van der Waals surface area (Å²) in [6.45, 7) is 2.36. The van der Waals surface area contributed by atoms with E-state index >= 15 is 0 Å². The molecule has 0 rings (SSSR count). The van der Waals surface area contributed by atoms with Gasteiger partial charge in [-0.2, -0.15) is 0 Å². The predicted molar refractivity (Wildman–Crippen MR) is 44.5 cm³/mol. The van der Waals surface area contributed by atoms with Crippen LogP contribution in [0.2, 0.25) is 0 Å². The van der Waals surface area contributed by atoms with Crippen LogP contribution in [0.4, 0.5) is 0 Å². The zero-order chi connectivity index (χ0) is 10.4. The molecule has 14 heavy (non-hydrogen) atoms. The van der Waals surface area contributed by atoms with Crippen LogP contribution in [-0.4, -0.2) is 39.8 Å². The van der Waals surface area contributed by atoms with E-state index in [1.54, 1.807) is 0 Å². The third-order valence-corrected chi connectivity index (χ3v) is 0.967. The van der Waals surface area contributed by atoms with Gasteiger partial charge in [-0.25, -0.2) is 9.59 Å². The number of aliphatic hydroxyl groups is 2. The summed E-state index contributed by atoms with van der Waals surface area (Å²) in [5.41, 5.74) is 1.53. The maximum atomic E-state index is 10.5. The van der Waals surface area contributed by atoms with Crippen molar-refractivity contribution in [3.63, 3.8) is 0 Å². The zero-order valence-electron chi connectivity index (χ0n) is 9.68. The van der Waals surface area contributed by atoms with E-state index in [1.165, 1.54) is 19.5 Å². The van der Waals surface area contributed by atoms with Gasteiger partial charge in [-0.15, -0.1) is 0 Å². The molecule has 84 valence electrons. The minimum absolute atomic E-state index is 0. The molecule has 2 unspecified atom stereocenters. The minimum atomic E-state index is -1.32. The Balaban J connectivity index is -0.000000240. The van der Waals surface area contributed by atoms with Gasteiger partial charge in [0.05, 0.1) is 0 Å². The molecule has 0 aliphatic carbocycles. The van der Waals surface area contributed by atoms with Gasteiger partial charge in [0.15, 0.2) is 12.2 Å². The molecule has 2 atom stereocenters. The van der Waals surface area contributed by atoms with Gasteiger partial charge in [-0.3, -0.25) is 0 Å². The summed E-state index contributed by atoms with van der Waals surface area (Å²) in [6.07, 6.45) is -2.64. The topological polar surface area (TPSA) is 137 Å². The van der Waals surface area contributed by atoms with Crippen LogP contribution in [0.5, 0.6) is 0 Å². The van der Waals surface area contributed by atoms with Crippen molar-refractivity contribution in [3.8, 4) is 0 Å². The Labute approximate surface area is 82.6 Å². The van der Waals surface area contributed by atoms with Gasteiger partial charge >= 0.3 is 14.8 Å². The Hall–Kier alpha value is -1.22. The van der Waals surface area contributed by atoms with Crippen molar-refractivity contribution < 1.29 is 37.8 Å². The quantitative estimate of drug-likeness (QED) is 0.445. The lowest BCUT2D eigenvalue weighted by atomic mass is 10.4. The molecule has 0 aromatic heterocycles. The van der Waals surface area contributed by atoms with Crippen LogP contribution in [0.25, 0.3) is 0 Å². The third kappa shape index (κ3) is 6.31. The fourth-order valence-corrected chi connectivity index (χ4v) is 0.274. The van der Waals surface area contributed by atoms with Crippen LogP contribution < -0.4 is 5.64 Å². The van der Waals surface area contributed by atoms with Crippen molar-refractivity contribution >= 4 is 11.9 Å². The minimum Gasteiger partial charge on any atom is -0.412 e. The Bertz CT molecular complexity index is 179. The van der Waals surface area contributed by atoms with E-state index < -0.39 is 24.1 Å². The van der Waals surface area contributed by atoms with E-state index in [4.69, 9.17) is 10.2 Å². The lowest BCUT2D eigenvalue weighted by Crippen LogP contribution is -2.32. The van der Waals surface area contributed by atoms with Crippen LogP contribution in [-0.2, 0) is 19.3 Å². The fourth-order valence-electron chi connectivity index (χ4n) is 0.274. The van der Waals surface area contributed by atoms with Gasteiger partial charge in [0.2, 0.25) is 0 Å². The first-order valence-electron chi connectivity index (χ1n) is 3.47. The molecule has 0 spiro atoms. The number of aliphatic hydroxyl groups excluding tert-OH is 2. The van der Waals surface area contributed by atoms with Crippen molar-refractivity contribution in [3.05, 3.63) is 0 Å². The highest BCUT2D eigenvalue weighted by molar-refractivity contribution is 5.74. The smallest absolute Gasteiger partial charge is 0.412 e. The molecule has 5 N–H and O–H groups in total. The van der Waals surface area contributed by atoms with E-state index in [-0.39, 0.29) is 8.33 Å². The van der Waals surface area contributed by atoms with E-state index in [1.807, 2.05) is 0 Å². The number of hydrogen-bond donors (Lipinski definition) is 3. The second kappa shape index (κ2) is 7.21. The summed E-state index contributed by atoms with van der Waals surface area (Å²) in [7, 11) is 0. The third-order valence-electron chi connectivity index (χ3n) is 0.967. The summed E-state index contributed by atoms with van der Waals surface area (Å²) in [4.78, 5) is 29.1. The van der Waals surface area contributed by atoms with Gasteiger partial charge in [0.1, 0.15) is 0 Å². The molecule has 0 heterocycles. The molecule has 0 aliphatic rings. The first-order valence-corrected chi connectivity index (χ1v) is 3.47. The summed E-state index contributed by atoms with van der Waals surface area (Å²) in [5.74, 6) is -2.00. The molecular formula is C6H15NO7+2. The fraction of sp³-hybridized carbons (Fsp3) is 0.667. The molecule has 0 aliphatic heterocycles. The van der Waals surface area contributed by atoms with Crippen molar-refractivity contribution in [1.29, 1.82) is 0 Å². The molecule has 0 fully saturated rings. The molecule has 8 nitrogen and oxygen atoms in total. The average Bonchev–Trinajstić information content (AvgIpc) is 2.03. The normalized spacial score (nSPS) is 13.4. The molecule has 0 radical (unpaired) electrons. The van der Waals surface area contributed by atoms with Crippen LogP contribution in [0.15, 0.2) is 0 Å². The number of carbonyl (C=O) groups is 2. The van der Waals surface area contributed by atoms with Gasteiger partial charge in [0, 0.05) is 5.64 Å². The second-order valence-corrected chi connectivity index (χ2v) is 2.28. The molecule has 0 aromatic rings. The van der Waals surface area contributed by atoms with E-state index in [2.05, 4.69) is 9.68 Å². The highest BCUT2D eigenvalue weighted by Gasteiger charge is 2.13. The Kier molecular flexibility index (Phi) is 7.86. The maximum absolute atomic E-state index is 10.5. The molecule has 0 aromatic carbocycles. The van der Waals surface area contributed by atoms with Crippen molar-refractivity contribution in [1.82, 2.24) is 5.64 Å². The van der Waals surface area contributed by atoms with Crippen LogP contribution in [0.1, 0.15) is 16.7 Å². The molecule has 8 heteroatoms. The molecule has 0 amide bonds. The van der Waals surface area contributed by atoms with Gasteiger partial charge in [-0.05, 0) is 13.8 Å².